The van der Waals surface area contributed by atoms with E-state index in [1.807, 2.05) is 12.2 Å². The Kier molecular flexibility index (Phi) is 4.24. The lowest BCUT2D eigenvalue weighted by molar-refractivity contribution is -0.132. The fourth-order valence-corrected chi connectivity index (χ4v) is 4.91. The molecule has 0 aliphatic carbocycles. The molecule has 2 aromatic rings. The van der Waals surface area contributed by atoms with Crippen LogP contribution in [0.15, 0.2) is 40.9 Å². The van der Waals surface area contributed by atoms with Crippen LogP contribution in [-0.4, -0.2) is 35.2 Å². The first kappa shape index (κ1) is 18.7. The number of halogens is 2. The fraction of sp³-hybridized carbons (Fsp3) is 0.350. The van der Waals surface area contributed by atoms with E-state index < -0.39 is 23.5 Å². The van der Waals surface area contributed by atoms with Gasteiger partial charge in [0, 0.05) is 22.7 Å². The molecule has 1 N–H and O–H groups in total. The topological polar surface area (TPSA) is 84.7 Å². The maximum Gasteiger partial charge on any atom is 0.235 e. The van der Waals surface area contributed by atoms with E-state index in [2.05, 4.69) is 10.5 Å². The molecule has 1 aromatic carbocycles. The molecule has 2 bridgehead atoms. The van der Waals surface area contributed by atoms with Crippen molar-refractivity contribution in [3.05, 3.63) is 57.8 Å². The molecule has 29 heavy (non-hydrogen) atoms. The third kappa shape index (κ3) is 2.87. The number of hydrogen-bond donors (Lipinski definition) is 1. The smallest absolute Gasteiger partial charge is 0.235 e. The van der Waals surface area contributed by atoms with Crippen molar-refractivity contribution in [1.29, 1.82) is 0 Å². The van der Waals surface area contributed by atoms with Crippen LogP contribution in [0.25, 0.3) is 0 Å². The molecule has 0 radical (unpaired) electrons. The second-order valence-corrected chi connectivity index (χ2v) is 8.42. The van der Waals surface area contributed by atoms with Crippen LogP contribution in [0.2, 0.25) is 10.0 Å². The molecule has 1 spiro atoms. The van der Waals surface area contributed by atoms with Gasteiger partial charge in [-0.25, -0.2) is 0 Å². The Morgan fingerprint density at radius 1 is 1.38 bits per heavy atom. The van der Waals surface area contributed by atoms with Crippen molar-refractivity contribution in [2.24, 2.45) is 11.8 Å². The summed E-state index contributed by atoms with van der Waals surface area (Å²) < 4.78 is 11.2. The molecule has 5 rings (SSSR count). The average molecular weight is 434 g/mol. The normalized spacial score (nSPS) is 29.6. The number of anilines is 1. The van der Waals surface area contributed by atoms with E-state index in [4.69, 9.17) is 32.5 Å². The van der Waals surface area contributed by atoms with Gasteiger partial charge in [-0.3, -0.25) is 14.5 Å². The van der Waals surface area contributed by atoms with Crippen molar-refractivity contribution >= 4 is 40.8 Å². The molecule has 4 atom stereocenters. The van der Waals surface area contributed by atoms with Crippen molar-refractivity contribution in [3.63, 3.8) is 0 Å². The van der Waals surface area contributed by atoms with Crippen molar-refractivity contribution in [2.75, 3.05) is 11.4 Å². The zero-order chi connectivity index (χ0) is 20.3. The third-order valence-corrected chi connectivity index (χ3v) is 6.35. The summed E-state index contributed by atoms with van der Waals surface area (Å²) in [5.41, 5.74) is -0.0645. The van der Waals surface area contributed by atoms with Crippen molar-refractivity contribution in [1.82, 2.24) is 10.5 Å². The van der Waals surface area contributed by atoms with Gasteiger partial charge in [-0.05, 0) is 24.6 Å². The number of carbonyl (C=O) groups excluding carboxylic acids is 2. The van der Waals surface area contributed by atoms with Crippen LogP contribution in [0, 0.1) is 18.8 Å². The number of rotatable bonds is 4. The lowest BCUT2D eigenvalue weighted by Gasteiger charge is -2.23. The first-order valence-electron chi connectivity index (χ1n) is 9.21. The van der Waals surface area contributed by atoms with Crippen LogP contribution < -0.4 is 10.2 Å². The van der Waals surface area contributed by atoms with Crippen molar-refractivity contribution < 1.29 is 18.8 Å². The van der Waals surface area contributed by atoms with Crippen LogP contribution in [0.4, 0.5) is 5.82 Å². The van der Waals surface area contributed by atoms with Gasteiger partial charge in [0.1, 0.15) is 11.4 Å². The lowest BCUT2D eigenvalue weighted by Crippen LogP contribution is -2.44. The van der Waals surface area contributed by atoms with Crippen LogP contribution in [0.5, 0.6) is 0 Å². The molecule has 9 heteroatoms. The van der Waals surface area contributed by atoms with Gasteiger partial charge in [-0.15, -0.1) is 0 Å². The molecule has 150 valence electrons. The first-order chi connectivity index (χ1) is 13.9. The zero-order valence-corrected chi connectivity index (χ0v) is 16.9. The van der Waals surface area contributed by atoms with Gasteiger partial charge < -0.3 is 14.6 Å². The second kappa shape index (κ2) is 6.58. The maximum atomic E-state index is 13.2. The minimum Gasteiger partial charge on any atom is -0.360 e. The van der Waals surface area contributed by atoms with Gasteiger partial charge in [0.25, 0.3) is 0 Å². The standard InChI is InChI=1S/C20H17Cl2N3O4/c1-10-6-15(24-29-10)25-9-20-5-4-14(28-20)16(17(20)19(25)27)18(26)23-8-11-2-3-12(21)7-13(11)22/h2-7,14,16-17H,8-9H2,1H3,(H,23,26)/t14-,16+,17+,20-/m1/s1. The van der Waals surface area contributed by atoms with Crippen molar-refractivity contribution in [3.8, 4) is 0 Å². The highest BCUT2D eigenvalue weighted by Crippen LogP contribution is 2.52. The molecule has 0 unspecified atom stereocenters. The highest BCUT2D eigenvalue weighted by atomic mass is 35.5. The molecule has 1 aromatic heterocycles. The van der Waals surface area contributed by atoms with E-state index in [-0.39, 0.29) is 18.4 Å². The number of aryl methyl sites for hydroxylation is 1. The molecule has 3 aliphatic heterocycles. The van der Waals surface area contributed by atoms with Crippen LogP contribution >= 0.6 is 23.2 Å². The molecule has 2 saturated heterocycles. The number of aromatic nitrogens is 1. The van der Waals surface area contributed by atoms with E-state index >= 15 is 0 Å². The molecule has 0 saturated carbocycles. The summed E-state index contributed by atoms with van der Waals surface area (Å²) in [6.45, 7) is 2.31. The molecule has 4 heterocycles. The summed E-state index contributed by atoms with van der Waals surface area (Å²) in [6.07, 6.45) is 3.33. The minimum absolute atomic E-state index is 0.185. The molecular formula is C20H17Cl2N3O4. The van der Waals surface area contributed by atoms with E-state index in [0.29, 0.717) is 28.2 Å². The van der Waals surface area contributed by atoms with Gasteiger partial charge in [-0.1, -0.05) is 46.6 Å². The van der Waals surface area contributed by atoms with Crippen molar-refractivity contribution in [2.45, 2.75) is 25.2 Å². The molecular weight excluding hydrogens is 417 g/mol. The lowest BCUT2D eigenvalue weighted by atomic mass is 9.77. The minimum atomic E-state index is -0.811. The van der Waals surface area contributed by atoms with Crippen LogP contribution in [-0.2, 0) is 20.9 Å². The SMILES string of the molecule is Cc1cc(N2C[C@@]34C=C[C@@H](O3)[C@H](C(=O)NCc3ccc(Cl)cc3Cl)[C@H]4C2=O)no1. The Bertz CT molecular complexity index is 1050. The van der Waals surface area contributed by atoms with Gasteiger partial charge in [-0.2, -0.15) is 0 Å². The monoisotopic (exact) mass is 433 g/mol. The number of nitrogens with zero attached hydrogens (tertiary/aromatic N) is 2. The quantitative estimate of drug-likeness (QED) is 0.749. The Morgan fingerprint density at radius 2 is 2.21 bits per heavy atom. The molecule has 3 aliphatic rings. The van der Waals surface area contributed by atoms with E-state index in [0.717, 1.165) is 5.56 Å². The summed E-state index contributed by atoms with van der Waals surface area (Å²) in [6, 6.07) is 6.80. The number of carbonyl (C=O) groups is 2. The largest absolute Gasteiger partial charge is 0.360 e. The zero-order valence-electron chi connectivity index (χ0n) is 15.4. The molecule has 2 amide bonds. The number of benzene rings is 1. The highest BCUT2D eigenvalue weighted by Gasteiger charge is 2.67. The average Bonchev–Trinajstić information content (AvgIpc) is 3.42. The maximum absolute atomic E-state index is 13.2. The second-order valence-electron chi connectivity index (χ2n) is 7.57. The third-order valence-electron chi connectivity index (χ3n) is 5.76. The van der Waals surface area contributed by atoms with E-state index in [9.17, 15) is 9.59 Å². The van der Waals surface area contributed by atoms with Gasteiger partial charge in [0.15, 0.2) is 5.82 Å². The predicted molar refractivity (Wildman–Crippen MR) is 106 cm³/mol. The Morgan fingerprint density at radius 3 is 2.93 bits per heavy atom. The number of fused-ring (bicyclic) bond motifs is 1. The number of amides is 2. The fourth-order valence-electron chi connectivity index (χ4n) is 4.44. The van der Waals surface area contributed by atoms with Gasteiger partial charge in [0.2, 0.25) is 11.8 Å². The molecule has 2 fully saturated rings. The highest BCUT2D eigenvalue weighted by molar-refractivity contribution is 6.35. The number of nitrogens with one attached hydrogen (secondary N) is 1. The van der Waals surface area contributed by atoms with Crippen LogP contribution in [0.1, 0.15) is 11.3 Å². The molecule has 7 nitrogen and oxygen atoms in total. The number of hydrogen-bond acceptors (Lipinski definition) is 5. The Hall–Kier alpha value is -2.35. The summed E-state index contributed by atoms with van der Waals surface area (Å²) in [4.78, 5) is 27.7. The Labute approximate surface area is 176 Å². The van der Waals surface area contributed by atoms with Gasteiger partial charge in [0.05, 0.1) is 24.5 Å². The van der Waals surface area contributed by atoms with Gasteiger partial charge >= 0.3 is 0 Å². The summed E-state index contributed by atoms with van der Waals surface area (Å²) in [7, 11) is 0. The predicted octanol–water partition coefficient (Wildman–Crippen LogP) is 2.89. The van der Waals surface area contributed by atoms with E-state index in [1.54, 1.807) is 31.2 Å². The Balaban J connectivity index is 1.36. The summed E-state index contributed by atoms with van der Waals surface area (Å²) in [5.74, 6) is -0.605. The number of ether oxygens (including phenoxy) is 1. The van der Waals surface area contributed by atoms with E-state index in [1.165, 1.54) is 4.90 Å². The first-order valence-corrected chi connectivity index (χ1v) is 9.97. The van der Waals surface area contributed by atoms with Crippen LogP contribution in [0.3, 0.4) is 0 Å². The summed E-state index contributed by atoms with van der Waals surface area (Å²) >= 11 is 12.1. The summed E-state index contributed by atoms with van der Waals surface area (Å²) in [5, 5.41) is 7.83.